The van der Waals surface area contributed by atoms with Gasteiger partial charge < -0.3 is 14.7 Å². The fourth-order valence-electron chi connectivity index (χ4n) is 5.60. The molecule has 2 atom stereocenters. The zero-order valence-electron chi connectivity index (χ0n) is 21.9. The first kappa shape index (κ1) is 28.8. The predicted octanol–water partition coefficient (Wildman–Crippen LogP) is 4.69. The second-order valence-electron chi connectivity index (χ2n) is 10.1. The molecule has 0 aliphatic carbocycles. The van der Waals surface area contributed by atoms with E-state index in [-0.39, 0.29) is 18.6 Å². The molecule has 3 aromatic rings. The molecule has 2 heterocycles. The number of halogens is 3. The van der Waals surface area contributed by atoms with Crippen molar-refractivity contribution >= 4 is 16.8 Å². The van der Waals surface area contributed by atoms with E-state index in [1.54, 1.807) is 18.8 Å². The number of pyridine rings is 1. The zero-order valence-corrected chi connectivity index (χ0v) is 21.9. The van der Waals surface area contributed by atoms with Gasteiger partial charge in [-0.1, -0.05) is 0 Å². The van der Waals surface area contributed by atoms with Crippen molar-refractivity contribution in [1.82, 2.24) is 15.4 Å². The zero-order chi connectivity index (χ0) is 27.9. The van der Waals surface area contributed by atoms with Crippen molar-refractivity contribution in [3.05, 3.63) is 70.7 Å². The van der Waals surface area contributed by atoms with E-state index in [9.17, 15) is 23.1 Å². The fourth-order valence-corrected chi connectivity index (χ4v) is 5.60. The maximum absolute atomic E-state index is 13.6. The first-order valence-corrected chi connectivity index (χ1v) is 13.2. The first-order valence-electron chi connectivity index (χ1n) is 13.2. The molecule has 0 saturated carbocycles. The van der Waals surface area contributed by atoms with Crippen molar-refractivity contribution in [2.45, 2.75) is 57.6 Å². The number of aryl methyl sites for hydroxylation is 2. The van der Waals surface area contributed by atoms with Crippen molar-refractivity contribution in [3.63, 3.8) is 0 Å². The van der Waals surface area contributed by atoms with E-state index in [2.05, 4.69) is 9.88 Å². The number of benzene rings is 2. The molecule has 7 nitrogen and oxygen atoms in total. The number of aliphatic hydroxyl groups excluding tert-OH is 1. The van der Waals surface area contributed by atoms with Gasteiger partial charge in [-0.2, -0.15) is 0 Å². The van der Waals surface area contributed by atoms with E-state index >= 15 is 0 Å². The lowest BCUT2D eigenvalue weighted by molar-refractivity contribution is -0.135. The number of fused-ring (bicyclic) bond motifs is 1. The van der Waals surface area contributed by atoms with Gasteiger partial charge in [0.05, 0.1) is 19.2 Å². The molecule has 0 spiro atoms. The molecule has 39 heavy (non-hydrogen) atoms. The van der Waals surface area contributed by atoms with Crippen LogP contribution >= 0.6 is 0 Å². The molecule has 1 aromatic heterocycles. The summed E-state index contributed by atoms with van der Waals surface area (Å²) < 4.78 is 45.9. The van der Waals surface area contributed by atoms with Crippen LogP contribution in [0.5, 0.6) is 5.75 Å². The summed E-state index contributed by atoms with van der Waals surface area (Å²) in [5.74, 6) is -3.85. The first-order chi connectivity index (χ1) is 18.8. The van der Waals surface area contributed by atoms with Crippen LogP contribution in [0.25, 0.3) is 10.9 Å². The molecule has 1 aliphatic heterocycles. The molecule has 1 amide bonds. The van der Waals surface area contributed by atoms with Crippen molar-refractivity contribution in [1.29, 1.82) is 0 Å². The van der Waals surface area contributed by atoms with Crippen LogP contribution in [0.3, 0.4) is 0 Å². The van der Waals surface area contributed by atoms with E-state index in [1.165, 1.54) is 0 Å². The van der Waals surface area contributed by atoms with Gasteiger partial charge in [0, 0.05) is 23.5 Å². The third kappa shape index (κ3) is 6.87. The number of carbonyl (C=O) groups excluding carboxylic acids is 1. The number of hydroxylamine groups is 1. The Balaban J connectivity index is 1.44. The highest BCUT2D eigenvalue weighted by atomic mass is 19.2. The Labute approximate surface area is 225 Å². The number of piperidine rings is 1. The SMILES string of the molecule is COc1ccc2ncc(CO)c(CCCC3CC(C(=O)NO)CCN3CCCc3cc(F)c(F)c(F)c3)c2c1. The number of ether oxygens (including phenoxy) is 1. The minimum Gasteiger partial charge on any atom is -0.497 e. The summed E-state index contributed by atoms with van der Waals surface area (Å²) in [5.41, 5.74) is 4.75. The summed E-state index contributed by atoms with van der Waals surface area (Å²) in [4.78, 5) is 18.9. The van der Waals surface area contributed by atoms with Crippen molar-refractivity contribution < 1.29 is 33.0 Å². The lowest BCUT2D eigenvalue weighted by Gasteiger charge is -2.39. The van der Waals surface area contributed by atoms with Crippen LogP contribution in [0.15, 0.2) is 36.5 Å². The Kier molecular flexibility index (Phi) is 9.77. The summed E-state index contributed by atoms with van der Waals surface area (Å²) in [6.45, 7) is 1.16. The summed E-state index contributed by atoms with van der Waals surface area (Å²) in [6.07, 6.45) is 6.11. The Bertz CT molecular complexity index is 1280. The number of aliphatic hydroxyl groups is 1. The van der Waals surface area contributed by atoms with Crippen LogP contribution in [-0.2, 0) is 24.2 Å². The summed E-state index contributed by atoms with van der Waals surface area (Å²) >= 11 is 0. The van der Waals surface area contributed by atoms with Crippen LogP contribution in [0.1, 0.15) is 48.8 Å². The summed E-state index contributed by atoms with van der Waals surface area (Å²) in [7, 11) is 1.60. The predicted molar refractivity (Wildman–Crippen MR) is 140 cm³/mol. The van der Waals surface area contributed by atoms with Gasteiger partial charge in [0.2, 0.25) is 5.91 Å². The molecule has 4 rings (SSSR count). The minimum atomic E-state index is -1.46. The van der Waals surface area contributed by atoms with Crippen LogP contribution in [0.2, 0.25) is 0 Å². The summed E-state index contributed by atoms with van der Waals surface area (Å²) in [5, 5.41) is 20.0. The topological polar surface area (TPSA) is 94.9 Å². The highest BCUT2D eigenvalue weighted by molar-refractivity contribution is 5.84. The monoisotopic (exact) mass is 545 g/mol. The summed E-state index contributed by atoms with van der Waals surface area (Å²) in [6, 6.07) is 7.77. The third-order valence-corrected chi connectivity index (χ3v) is 7.68. The number of hydrogen-bond donors (Lipinski definition) is 3. The molecule has 2 aromatic carbocycles. The molecule has 0 bridgehead atoms. The molecule has 10 heteroatoms. The second-order valence-corrected chi connectivity index (χ2v) is 10.1. The number of methoxy groups -OCH3 is 1. The Morgan fingerprint density at radius 3 is 2.62 bits per heavy atom. The van der Waals surface area contributed by atoms with Gasteiger partial charge in [-0.25, -0.2) is 18.7 Å². The Morgan fingerprint density at radius 2 is 1.92 bits per heavy atom. The van der Waals surface area contributed by atoms with E-state index < -0.39 is 23.4 Å². The van der Waals surface area contributed by atoms with Crippen LogP contribution < -0.4 is 10.2 Å². The number of hydrogen-bond acceptors (Lipinski definition) is 6. The van der Waals surface area contributed by atoms with Gasteiger partial charge in [-0.3, -0.25) is 15.0 Å². The standard InChI is InChI=1S/C29H34F3N3O4/c1-39-22-7-8-27-24(15-22)23(20(17-36)16-33-27)6-2-5-21-14-19(29(37)34-38)9-11-35(21)10-3-4-18-12-25(30)28(32)26(31)13-18/h7-8,12-13,15-16,19,21,36,38H,2-6,9-11,14,17H2,1H3,(H,34,37). The van der Waals surface area contributed by atoms with Crippen molar-refractivity contribution in [2.24, 2.45) is 5.92 Å². The molecule has 210 valence electrons. The smallest absolute Gasteiger partial charge is 0.246 e. The molecule has 1 fully saturated rings. The number of nitrogens with zero attached hydrogens (tertiary/aromatic N) is 2. The van der Waals surface area contributed by atoms with Crippen molar-refractivity contribution in [2.75, 3.05) is 20.2 Å². The fraction of sp³-hybridized carbons (Fsp3) is 0.448. The highest BCUT2D eigenvalue weighted by Crippen LogP contribution is 2.30. The largest absolute Gasteiger partial charge is 0.497 e. The maximum Gasteiger partial charge on any atom is 0.246 e. The number of rotatable bonds is 11. The Hall–Kier alpha value is -3.21. The highest BCUT2D eigenvalue weighted by Gasteiger charge is 2.31. The van der Waals surface area contributed by atoms with E-state index in [1.807, 2.05) is 18.2 Å². The quantitative estimate of drug-likeness (QED) is 0.184. The van der Waals surface area contributed by atoms with Crippen molar-refractivity contribution in [3.8, 4) is 5.75 Å². The third-order valence-electron chi connectivity index (χ3n) is 7.68. The number of amides is 1. The molecule has 1 saturated heterocycles. The van der Waals surface area contributed by atoms with Crippen LogP contribution in [0.4, 0.5) is 13.2 Å². The van der Waals surface area contributed by atoms with E-state index in [4.69, 9.17) is 9.94 Å². The second kappa shape index (κ2) is 13.2. The van der Waals surface area contributed by atoms with Crippen LogP contribution in [-0.4, -0.2) is 52.3 Å². The molecule has 1 aliphatic rings. The molecular formula is C29H34F3N3O4. The molecule has 3 N–H and O–H groups in total. The lowest BCUT2D eigenvalue weighted by Crippen LogP contribution is -2.46. The van der Waals surface area contributed by atoms with Gasteiger partial charge in [-0.05, 0) is 105 Å². The van der Waals surface area contributed by atoms with E-state index in [0.717, 1.165) is 47.0 Å². The average molecular weight is 546 g/mol. The average Bonchev–Trinajstić information content (AvgIpc) is 2.95. The molecule has 2 unspecified atom stereocenters. The number of nitrogens with one attached hydrogen (secondary N) is 1. The van der Waals surface area contributed by atoms with Gasteiger partial charge in [-0.15, -0.1) is 0 Å². The minimum absolute atomic E-state index is 0.0583. The molecular weight excluding hydrogens is 511 g/mol. The van der Waals surface area contributed by atoms with Gasteiger partial charge in [0.25, 0.3) is 0 Å². The van der Waals surface area contributed by atoms with Gasteiger partial charge in [0.1, 0.15) is 5.75 Å². The lowest BCUT2D eigenvalue weighted by atomic mass is 9.86. The number of carbonyl (C=O) groups is 1. The van der Waals surface area contributed by atoms with Crippen LogP contribution in [0, 0.1) is 23.4 Å². The number of aromatic nitrogens is 1. The normalized spacial score (nSPS) is 17.9. The van der Waals surface area contributed by atoms with Gasteiger partial charge in [0.15, 0.2) is 17.5 Å². The molecule has 0 radical (unpaired) electrons. The Morgan fingerprint density at radius 1 is 1.15 bits per heavy atom. The van der Waals surface area contributed by atoms with E-state index in [0.29, 0.717) is 56.5 Å². The number of likely N-dealkylation sites (tertiary alicyclic amines) is 1. The maximum atomic E-state index is 13.6. The van der Waals surface area contributed by atoms with Gasteiger partial charge >= 0.3 is 0 Å².